The molecule has 1 fully saturated rings. The molecular formula is C13H23N. The van der Waals surface area contributed by atoms with Crippen molar-refractivity contribution < 1.29 is 0 Å². The summed E-state index contributed by atoms with van der Waals surface area (Å²) in [5, 5.41) is 3.61. The Hall–Kier alpha value is -0.480. The van der Waals surface area contributed by atoms with Gasteiger partial charge in [0.1, 0.15) is 0 Å². The van der Waals surface area contributed by atoms with E-state index < -0.39 is 0 Å². The lowest BCUT2D eigenvalue weighted by Gasteiger charge is -2.25. The van der Waals surface area contributed by atoms with Crippen molar-refractivity contribution >= 4 is 0 Å². The first-order valence-corrected chi connectivity index (χ1v) is 6.00. The molecule has 3 atom stereocenters. The number of nitrogens with one attached hydrogen (secondary N) is 1. The summed E-state index contributed by atoms with van der Waals surface area (Å²) in [7, 11) is 0. The predicted octanol–water partition coefficient (Wildman–Crippen LogP) is 2.96. The summed E-state index contributed by atoms with van der Waals surface area (Å²) in [6.07, 6.45) is 13.3. The molecule has 0 aromatic carbocycles. The Bertz CT molecular complexity index is 192. The van der Waals surface area contributed by atoms with Crippen molar-refractivity contribution in [2.75, 3.05) is 0 Å². The van der Waals surface area contributed by atoms with Crippen molar-refractivity contribution in [2.45, 2.75) is 64.5 Å². The van der Waals surface area contributed by atoms with Crippen molar-refractivity contribution in [2.24, 2.45) is 5.92 Å². The van der Waals surface area contributed by atoms with Crippen LogP contribution in [-0.4, -0.2) is 12.1 Å². The minimum Gasteiger partial charge on any atom is -0.301 e. The fourth-order valence-corrected chi connectivity index (χ4v) is 2.28. The Kier molecular flexibility index (Phi) is 5.04. The molecule has 14 heavy (non-hydrogen) atoms. The molecule has 0 saturated heterocycles. The highest BCUT2D eigenvalue weighted by atomic mass is 14.9. The van der Waals surface area contributed by atoms with Crippen LogP contribution in [0.15, 0.2) is 0 Å². The van der Waals surface area contributed by atoms with Gasteiger partial charge in [0.2, 0.25) is 0 Å². The van der Waals surface area contributed by atoms with E-state index in [1.54, 1.807) is 0 Å². The maximum absolute atomic E-state index is 5.47. The molecule has 3 unspecified atom stereocenters. The van der Waals surface area contributed by atoms with Crippen molar-refractivity contribution in [3.63, 3.8) is 0 Å². The summed E-state index contributed by atoms with van der Waals surface area (Å²) in [5.74, 6) is 3.62. The van der Waals surface area contributed by atoms with Gasteiger partial charge in [0, 0.05) is 6.04 Å². The molecule has 1 aliphatic rings. The van der Waals surface area contributed by atoms with E-state index in [9.17, 15) is 0 Å². The lowest BCUT2D eigenvalue weighted by Crippen LogP contribution is -2.40. The SMILES string of the molecule is C#CC(CC)NC1CCCCCC1C. The lowest BCUT2D eigenvalue weighted by atomic mass is 9.96. The largest absolute Gasteiger partial charge is 0.301 e. The Morgan fingerprint density at radius 1 is 1.36 bits per heavy atom. The summed E-state index contributed by atoms with van der Waals surface area (Å²) >= 11 is 0. The first-order chi connectivity index (χ1) is 6.77. The molecule has 1 rings (SSSR count). The van der Waals surface area contributed by atoms with Gasteiger partial charge in [0.25, 0.3) is 0 Å². The molecule has 0 spiro atoms. The number of hydrogen-bond acceptors (Lipinski definition) is 1. The fourth-order valence-electron chi connectivity index (χ4n) is 2.28. The molecule has 1 aliphatic carbocycles. The molecule has 1 heteroatoms. The minimum absolute atomic E-state index is 0.278. The van der Waals surface area contributed by atoms with Gasteiger partial charge in [-0.05, 0) is 25.2 Å². The van der Waals surface area contributed by atoms with Crippen molar-refractivity contribution in [1.82, 2.24) is 5.32 Å². The predicted molar refractivity (Wildman–Crippen MR) is 62.1 cm³/mol. The Morgan fingerprint density at radius 2 is 2.07 bits per heavy atom. The maximum Gasteiger partial charge on any atom is 0.0686 e. The summed E-state index contributed by atoms with van der Waals surface area (Å²) in [6.45, 7) is 4.51. The molecule has 0 aliphatic heterocycles. The van der Waals surface area contributed by atoms with Crippen molar-refractivity contribution in [3.8, 4) is 12.3 Å². The monoisotopic (exact) mass is 193 g/mol. The summed E-state index contributed by atoms with van der Waals surface area (Å²) < 4.78 is 0. The van der Waals surface area contributed by atoms with Crippen LogP contribution in [0, 0.1) is 18.3 Å². The van der Waals surface area contributed by atoms with Gasteiger partial charge in [-0.15, -0.1) is 6.42 Å². The highest BCUT2D eigenvalue weighted by Gasteiger charge is 2.21. The standard InChI is InChI=1S/C13H23N/c1-4-12(5-2)14-13-10-8-6-7-9-11(13)3/h1,11-14H,5-10H2,2-3H3. The van der Waals surface area contributed by atoms with E-state index in [0.29, 0.717) is 6.04 Å². The van der Waals surface area contributed by atoms with Crippen LogP contribution in [0.2, 0.25) is 0 Å². The van der Waals surface area contributed by atoms with E-state index in [2.05, 4.69) is 25.1 Å². The molecule has 1 nitrogen and oxygen atoms in total. The van der Waals surface area contributed by atoms with E-state index in [1.807, 2.05) is 0 Å². The molecule has 0 heterocycles. The van der Waals surface area contributed by atoms with Crippen LogP contribution in [0.4, 0.5) is 0 Å². The topological polar surface area (TPSA) is 12.0 Å². The lowest BCUT2D eigenvalue weighted by molar-refractivity contribution is 0.339. The van der Waals surface area contributed by atoms with Crippen LogP contribution in [0.25, 0.3) is 0 Å². The average Bonchev–Trinajstić information content (AvgIpc) is 2.40. The number of terminal acetylenes is 1. The number of hydrogen-bond donors (Lipinski definition) is 1. The Labute approximate surface area is 88.7 Å². The van der Waals surface area contributed by atoms with Gasteiger partial charge in [0.15, 0.2) is 0 Å². The fraction of sp³-hybridized carbons (Fsp3) is 0.846. The summed E-state index contributed by atoms with van der Waals surface area (Å²) in [6, 6.07) is 0.930. The van der Waals surface area contributed by atoms with Crippen LogP contribution < -0.4 is 5.32 Å². The highest BCUT2D eigenvalue weighted by molar-refractivity contribution is 4.99. The third-order valence-electron chi connectivity index (χ3n) is 3.39. The second-order valence-electron chi connectivity index (χ2n) is 4.52. The molecule has 1 saturated carbocycles. The quantitative estimate of drug-likeness (QED) is 0.537. The first-order valence-electron chi connectivity index (χ1n) is 6.00. The first kappa shape index (κ1) is 11.6. The Morgan fingerprint density at radius 3 is 2.71 bits per heavy atom. The Balaban J connectivity index is 2.44. The smallest absolute Gasteiger partial charge is 0.0686 e. The zero-order chi connectivity index (χ0) is 10.4. The maximum atomic E-state index is 5.47. The second kappa shape index (κ2) is 6.09. The summed E-state index contributed by atoms with van der Waals surface area (Å²) in [4.78, 5) is 0. The minimum atomic E-state index is 0.278. The van der Waals surface area contributed by atoms with E-state index in [1.165, 1.54) is 32.1 Å². The molecule has 0 radical (unpaired) electrons. The molecule has 1 N–H and O–H groups in total. The average molecular weight is 193 g/mol. The van der Waals surface area contributed by atoms with Crippen LogP contribution in [0.3, 0.4) is 0 Å². The molecule has 0 aromatic rings. The van der Waals surface area contributed by atoms with Gasteiger partial charge in [0.05, 0.1) is 6.04 Å². The normalized spacial score (nSPS) is 30.4. The van der Waals surface area contributed by atoms with E-state index in [0.717, 1.165) is 12.3 Å². The third kappa shape index (κ3) is 3.35. The van der Waals surface area contributed by atoms with E-state index in [4.69, 9.17) is 6.42 Å². The van der Waals surface area contributed by atoms with Gasteiger partial charge in [-0.25, -0.2) is 0 Å². The highest BCUT2D eigenvalue weighted by Crippen LogP contribution is 2.23. The third-order valence-corrected chi connectivity index (χ3v) is 3.39. The van der Waals surface area contributed by atoms with E-state index in [-0.39, 0.29) is 6.04 Å². The van der Waals surface area contributed by atoms with Gasteiger partial charge < -0.3 is 5.32 Å². The summed E-state index contributed by atoms with van der Waals surface area (Å²) in [5.41, 5.74) is 0. The van der Waals surface area contributed by atoms with Gasteiger partial charge in [-0.1, -0.05) is 39.0 Å². The molecule has 0 aromatic heterocycles. The van der Waals surface area contributed by atoms with Crippen molar-refractivity contribution in [1.29, 1.82) is 0 Å². The molecular weight excluding hydrogens is 170 g/mol. The van der Waals surface area contributed by atoms with Crippen LogP contribution in [0.1, 0.15) is 52.4 Å². The number of rotatable bonds is 3. The van der Waals surface area contributed by atoms with Crippen LogP contribution in [-0.2, 0) is 0 Å². The van der Waals surface area contributed by atoms with E-state index >= 15 is 0 Å². The second-order valence-corrected chi connectivity index (χ2v) is 4.52. The van der Waals surface area contributed by atoms with Gasteiger partial charge >= 0.3 is 0 Å². The zero-order valence-corrected chi connectivity index (χ0v) is 9.55. The molecule has 0 amide bonds. The van der Waals surface area contributed by atoms with Crippen molar-refractivity contribution in [3.05, 3.63) is 0 Å². The van der Waals surface area contributed by atoms with Gasteiger partial charge in [-0.3, -0.25) is 0 Å². The van der Waals surface area contributed by atoms with Gasteiger partial charge in [-0.2, -0.15) is 0 Å². The van der Waals surface area contributed by atoms with Crippen LogP contribution in [0.5, 0.6) is 0 Å². The van der Waals surface area contributed by atoms with Crippen LogP contribution >= 0.6 is 0 Å². The molecule has 80 valence electrons. The molecule has 0 bridgehead atoms. The zero-order valence-electron chi connectivity index (χ0n) is 9.55.